The standard InChI is InChI=1S/C30H31F6N3O2S/c1-3-38(25-7-5-4-6-8-25)27-22(11-21(15-37-27)19-9-10-42-17-19)16-39-18(2)26(41-28(39)40)20-12-23(29(31,32)33)14-24(13-20)30(34,35)36/h9-15,17-18,25-26H,3-8,16H2,1-2H3/t18-,26+/m0/s1. The van der Waals surface area contributed by atoms with Crippen LogP contribution in [0.4, 0.5) is 37.0 Å². The van der Waals surface area contributed by atoms with Crippen molar-refractivity contribution in [2.45, 2.75) is 83.0 Å². The van der Waals surface area contributed by atoms with E-state index < -0.39 is 41.7 Å². The van der Waals surface area contributed by atoms with Gasteiger partial charge in [-0.3, -0.25) is 4.90 Å². The smallest absolute Gasteiger partial charge is 0.416 e. The van der Waals surface area contributed by atoms with Crippen LogP contribution >= 0.6 is 11.3 Å². The third-order valence-corrected chi connectivity index (χ3v) is 8.78. The van der Waals surface area contributed by atoms with Crippen LogP contribution in [0.15, 0.2) is 47.3 Å². The van der Waals surface area contributed by atoms with Crippen LogP contribution < -0.4 is 4.90 Å². The molecule has 2 aromatic heterocycles. The van der Waals surface area contributed by atoms with E-state index in [4.69, 9.17) is 9.72 Å². The zero-order valence-electron chi connectivity index (χ0n) is 23.1. The van der Waals surface area contributed by atoms with Gasteiger partial charge in [0.1, 0.15) is 11.9 Å². The number of carbonyl (C=O) groups is 1. The summed E-state index contributed by atoms with van der Waals surface area (Å²) in [5.74, 6) is 0.713. The van der Waals surface area contributed by atoms with Crippen LogP contribution in [-0.2, 0) is 23.6 Å². The summed E-state index contributed by atoms with van der Waals surface area (Å²) in [7, 11) is 0. The second-order valence-corrected chi connectivity index (χ2v) is 11.6. The number of nitrogens with zero attached hydrogens (tertiary/aromatic N) is 3. The average Bonchev–Trinajstić information content (AvgIpc) is 3.58. The summed E-state index contributed by atoms with van der Waals surface area (Å²) in [6.07, 6.45) is -4.93. The largest absolute Gasteiger partial charge is 0.439 e. The van der Waals surface area contributed by atoms with Gasteiger partial charge in [0.05, 0.1) is 23.7 Å². The molecule has 1 aliphatic heterocycles. The third kappa shape index (κ3) is 6.23. The van der Waals surface area contributed by atoms with Crippen LogP contribution in [-0.4, -0.2) is 34.6 Å². The Labute approximate surface area is 244 Å². The molecule has 2 aliphatic rings. The second kappa shape index (κ2) is 11.8. The van der Waals surface area contributed by atoms with Crippen molar-refractivity contribution in [2.24, 2.45) is 0 Å². The molecule has 1 aromatic carbocycles. The summed E-state index contributed by atoms with van der Waals surface area (Å²) in [5.41, 5.74) is -0.720. The van der Waals surface area contributed by atoms with Crippen LogP contribution in [0, 0.1) is 0 Å². The van der Waals surface area contributed by atoms with Crippen molar-refractivity contribution in [1.29, 1.82) is 0 Å². The number of ether oxygens (including phenoxy) is 1. The van der Waals surface area contributed by atoms with E-state index in [1.807, 2.05) is 29.8 Å². The molecule has 5 rings (SSSR count). The number of cyclic esters (lactones) is 1. The van der Waals surface area contributed by atoms with Gasteiger partial charge in [0, 0.05) is 29.9 Å². The molecule has 5 nitrogen and oxygen atoms in total. The van der Waals surface area contributed by atoms with Gasteiger partial charge in [0.15, 0.2) is 0 Å². The number of hydrogen-bond donors (Lipinski definition) is 0. The number of aromatic nitrogens is 1. The van der Waals surface area contributed by atoms with E-state index in [1.165, 1.54) is 22.7 Å². The first-order chi connectivity index (χ1) is 19.9. The van der Waals surface area contributed by atoms with E-state index in [9.17, 15) is 31.1 Å². The first-order valence-corrected chi connectivity index (χ1v) is 14.9. The van der Waals surface area contributed by atoms with E-state index in [0.29, 0.717) is 24.5 Å². The van der Waals surface area contributed by atoms with Crippen molar-refractivity contribution in [1.82, 2.24) is 9.88 Å². The molecular weight excluding hydrogens is 580 g/mol. The minimum Gasteiger partial charge on any atom is -0.439 e. The molecule has 0 spiro atoms. The lowest BCUT2D eigenvalue weighted by Gasteiger charge is -2.36. The van der Waals surface area contributed by atoms with Crippen molar-refractivity contribution in [2.75, 3.05) is 11.4 Å². The molecular formula is C30H31F6N3O2S. The van der Waals surface area contributed by atoms with E-state index in [1.54, 1.807) is 13.1 Å². The second-order valence-electron chi connectivity index (χ2n) is 10.8. The molecule has 12 heteroatoms. The fourth-order valence-corrected chi connectivity index (χ4v) is 6.59. The van der Waals surface area contributed by atoms with Gasteiger partial charge in [-0.15, -0.1) is 0 Å². The van der Waals surface area contributed by atoms with Gasteiger partial charge in [-0.1, -0.05) is 19.3 Å². The minimum atomic E-state index is -5.01. The number of rotatable bonds is 7. The molecule has 42 heavy (non-hydrogen) atoms. The highest BCUT2D eigenvalue weighted by Gasteiger charge is 2.43. The number of carbonyl (C=O) groups excluding carboxylic acids is 1. The number of anilines is 1. The summed E-state index contributed by atoms with van der Waals surface area (Å²) in [5, 5.41) is 3.92. The highest BCUT2D eigenvalue weighted by atomic mass is 32.1. The van der Waals surface area contributed by atoms with Crippen molar-refractivity contribution in [3.8, 4) is 11.1 Å². The van der Waals surface area contributed by atoms with Gasteiger partial charge in [-0.2, -0.15) is 37.7 Å². The fraction of sp³-hybridized carbons (Fsp3) is 0.467. The van der Waals surface area contributed by atoms with Crippen LogP contribution in [0.25, 0.3) is 11.1 Å². The van der Waals surface area contributed by atoms with Crippen LogP contribution in [0.3, 0.4) is 0 Å². The maximum absolute atomic E-state index is 13.5. The first-order valence-electron chi connectivity index (χ1n) is 13.9. The van der Waals surface area contributed by atoms with Gasteiger partial charge in [0.2, 0.25) is 0 Å². The summed E-state index contributed by atoms with van der Waals surface area (Å²) < 4.78 is 86.6. The lowest BCUT2D eigenvalue weighted by atomic mass is 9.93. The molecule has 3 heterocycles. The van der Waals surface area contributed by atoms with E-state index in [2.05, 4.69) is 4.90 Å². The lowest BCUT2D eigenvalue weighted by Crippen LogP contribution is -2.39. The van der Waals surface area contributed by atoms with Crippen molar-refractivity contribution in [3.63, 3.8) is 0 Å². The lowest BCUT2D eigenvalue weighted by molar-refractivity contribution is -0.143. The SMILES string of the molecule is CCN(c1ncc(-c2ccsc2)cc1CN1C(=O)O[C@@H](c2cc(C(F)(F)F)cc(C(F)(F)F)c2)[C@@H]1C)C1CCCCC1. The first kappa shape index (κ1) is 30.2. The zero-order chi connectivity index (χ0) is 30.2. The Kier molecular flexibility index (Phi) is 8.46. The van der Waals surface area contributed by atoms with Gasteiger partial charge in [-0.05, 0) is 78.9 Å². The molecule has 1 saturated carbocycles. The number of amides is 1. The van der Waals surface area contributed by atoms with E-state index in [-0.39, 0.29) is 24.2 Å². The minimum absolute atomic E-state index is 0.0329. The highest BCUT2D eigenvalue weighted by molar-refractivity contribution is 7.08. The predicted molar refractivity (Wildman–Crippen MR) is 148 cm³/mol. The Hall–Kier alpha value is -3.28. The number of hydrogen-bond acceptors (Lipinski definition) is 5. The summed E-state index contributed by atoms with van der Waals surface area (Å²) in [6.45, 7) is 4.33. The van der Waals surface area contributed by atoms with E-state index in [0.717, 1.165) is 42.4 Å². The molecule has 0 unspecified atom stereocenters. The maximum Gasteiger partial charge on any atom is 0.416 e. The molecule has 1 amide bonds. The molecule has 0 radical (unpaired) electrons. The Balaban J connectivity index is 1.50. The highest BCUT2D eigenvalue weighted by Crippen LogP contribution is 2.42. The van der Waals surface area contributed by atoms with Crippen molar-refractivity contribution < 1.29 is 35.9 Å². The number of benzene rings is 1. The van der Waals surface area contributed by atoms with Crippen LogP contribution in [0.1, 0.15) is 74.3 Å². The maximum atomic E-state index is 13.5. The van der Waals surface area contributed by atoms with Crippen LogP contribution in [0.2, 0.25) is 0 Å². The third-order valence-electron chi connectivity index (χ3n) is 8.10. The average molecular weight is 612 g/mol. The van der Waals surface area contributed by atoms with Crippen molar-refractivity contribution in [3.05, 3.63) is 69.5 Å². The van der Waals surface area contributed by atoms with Crippen molar-refractivity contribution >= 4 is 23.2 Å². The van der Waals surface area contributed by atoms with Gasteiger partial charge in [0.25, 0.3) is 0 Å². The zero-order valence-corrected chi connectivity index (χ0v) is 24.0. The van der Waals surface area contributed by atoms with Gasteiger partial charge < -0.3 is 9.64 Å². The summed E-state index contributed by atoms with van der Waals surface area (Å²) in [6, 6.07) is 4.67. The molecule has 2 fully saturated rings. The number of alkyl halides is 6. The molecule has 0 bridgehead atoms. The fourth-order valence-electron chi connectivity index (χ4n) is 5.92. The Morgan fingerprint density at radius 1 is 1.00 bits per heavy atom. The molecule has 2 atom stereocenters. The number of pyridine rings is 1. The number of thiophene rings is 1. The summed E-state index contributed by atoms with van der Waals surface area (Å²) in [4.78, 5) is 21.5. The Bertz CT molecular complexity index is 1370. The van der Waals surface area contributed by atoms with Gasteiger partial charge >= 0.3 is 18.4 Å². The molecule has 0 N–H and O–H groups in total. The quantitative estimate of drug-likeness (QED) is 0.250. The normalized spacial score (nSPS) is 20.2. The van der Waals surface area contributed by atoms with E-state index >= 15 is 0 Å². The predicted octanol–water partition coefficient (Wildman–Crippen LogP) is 9.09. The van der Waals surface area contributed by atoms with Gasteiger partial charge in [-0.25, -0.2) is 9.78 Å². The molecule has 1 aliphatic carbocycles. The number of halogens is 6. The molecule has 226 valence electrons. The monoisotopic (exact) mass is 611 g/mol. The van der Waals surface area contributed by atoms with Crippen LogP contribution in [0.5, 0.6) is 0 Å². The Morgan fingerprint density at radius 2 is 1.67 bits per heavy atom. The summed E-state index contributed by atoms with van der Waals surface area (Å²) >= 11 is 1.53. The molecule has 1 saturated heterocycles. The molecule has 3 aromatic rings. The Morgan fingerprint density at radius 3 is 2.24 bits per heavy atom. The topological polar surface area (TPSA) is 45.7 Å².